The van der Waals surface area contributed by atoms with E-state index in [1.54, 1.807) is 0 Å². The lowest BCUT2D eigenvalue weighted by Crippen LogP contribution is -2.63. The van der Waals surface area contributed by atoms with Crippen molar-refractivity contribution in [2.45, 2.75) is 19.0 Å². The fourth-order valence-electron chi connectivity index (χ4n) is 1.25. The first-order valence-electron chi connectivity index (χ1n) is 4.45. The molecule has 0 radical (unpaired) electrons. The van der Waals surface area contributed by atoms with Gasteiger partial charge in [-0.2, -0.15) is 0 Å². The molecule has 0 saturated heterocycles. The zero-order valence-electron chi connectivity index (χ0n) is 8.71. The second-order valence-corrected chi connectivity index (χ2v) is 3.21. The van der Waals surface area contributed by atoms with Crippen molar-refractivity contribution in [3.05, 3.63) is 0 Å². The highest BCUT2D eigenvalue weighted by molar-refractivity contribution is 5.85. The Kier molecular flexibility index (Phi) is 4.86. The van der Waals surface area contributed by atoms with Crippen molar-refractivity contribution >= 4 is 17.9 Å². The fraction of sp³-hybridized carbons (Fsp3) is 0.625. The average Bonchev–Trinajstić information content (AvgIpc) is 2.12. The van der Waals surface area contributed by atoms with E-state index >= 15 is 0 Å². The number of likely N-dealkylation sites (N-methyl/N-ethyl adjacent to an activating group) is 1. The molecular formula is C8H14N2O6. The second kappa shape index (κ2) is 5.42. The average molecular weight is 234 g/mol. The van der Waals surface area contributed by atoms with Crippen molar-refractivity contribution in [2.24, 2.45) is 5.73 Å². The van der Waals surface area contributed by atoms with E-state index in [0.29, 0.717) is 0 Å². The van der Waals surface area contributed by atoms with E-state index in [1.807, 2.05) is 0 Å². The first-order chi connectivity index (χ1) is 7.24. The third kappa shape index (κ3) is 3.48. The third-order valence-electron chi connectivity index (χ3n) is 2.06. The van der Waals surface area contributed by atoms with Crippen LogP contribution in [0.5, 0.6) is 0 Å². The lowest BCUT2D eigenvalue weighted by atomic mass is 10.1. The molecule has 16 heavy (non-hydrogen) atoms. The Bertz CT molecular complexity index is 305. The first-order valence-corrected chi connectivity index (χ1v) is 4.45. The molecule has 0 aliphatic carbocycles. The third-order valence-corrected chi connectivity index (χ3v) is 2.06. The monoisotopic (exact) mass is 234 g/mol. The molecule has 0 fully saturated rings. The molecule has 8 nitrogen and oxygen atoms in total. The Morgan fingerprint density at radius 3 is 1.94 bits per heavy atom. The highest BCUT2D eigenvalue weighted by Gasteiger charge is 2.42. The van der Waals surface area contributed by atoms with Gasteiger partial charge in [-0.25, -0.2) is 4.79 Å². The largest absolute Gasteiger partial charge is 0.481 e. The number of carboxylic acid groups (broad SMARTS) is 3. The van der Waals surface area contributed by atoms with E-state index in [4.69, 9.17) is 21.1 Å². The molecule has 0 aromatic heterocycles. The quantitative estimate of drug-likeness (QED) is 0.394. The summed E-state index contributed by atoms with van der Waals surface area (Å²) in [5.74, 6) is -4.25. The number of carbonyl (C=O) groups is 3. The molecule has 1 unspecified atom stereocenters. The van der Waals surface area contributed by atoms with Crippen LogP contribution in [-0.4, -0.2) is 56.9 Å². The highest BCUT2D eigenvalue weighted by atomic mass is 16.4. The number of carboxylic acids is 3. The minimum atomic E-state index is -2.21. The van der Waals surface area contributed by atoms with Crippen LogP contribution in [0, 0.1) is 0 Å². The molecule has 0 aliphatic rings. The Labute approximate surface area is 91.3 Å². The van der Waals surface area contributed by atoms with E-state index in [1.165, 1.54) is 6.92 Å². The van der Waals surface area contributed by atoms with Crippen LogP contribution in [0.15, 0.2) is 0 Å². The summed E-state index contributed by atoms with van der Waals surface area (Å²) in [6, 6.07) is 0. The molecule has 0 aromatic rings. The van der Waals surface area contributed by atoms with Crippen LogP contribution in [-0.2, 0) is 14.4 Å². The zero-order valence-corrected chi connectivity index (χ0v) is 8.71. The van der Waals surface area contributed by atoms with Crippen molar-refractivity contribution in [1.82, 2.24) is 4.90 Å². The summed E-state index contributed by atoms with van der Waals surface area (Å²) in [6.07, 6.45) is -0.872. The van der Waals surface area contributed by atoms with Crippen LogP contribution < -0.4 is 5.73 Å². The van der Waals surface area contributed by atoms with E-state index in [-0.39, 0.29) is 6.54 Å². The Morgan fingerprint density at radius 2 is 1.69 bits per heavy atom. The molecule has 0 spiro atoms. The second-order valence-electron chi connectivity index (χ2n) is 3.21. The summed E-state index contributed by atoms with van der Waals surface area (Å²) in [7, 11) is 0. The maximum absolute atomic E-state index is 10.9. The summed E-state index contributed by atoms with van der Waals surface area (Å²) in [4.78, 5) is 32.8. The van der Waals surface area contributed by atoms with Crippen molar-refractivity contribution < 1.29 is 29.7 Å². The van der Waals surface area contributed by atoms with E-state index in [0.717, 1.165) is 4.90 Å². The maximum atomic E-state index is 10.9. The first kappa shape index (κ1) is 14.3. The van der Waals surface area contributed by atoms with Crippen LogP contribution in [0.3, 0.4) is 0 Å². The van der Waals surface area contributed by atoms with E-state index < -0.39 is 36.5 Å². The molecule has 0 heterocycles. The van der Waals surface area contributed by atoms with Crippen LogP contribution in [0.25, 0.3) is 0 Å². The van der Waals surface area contributed by atoms with Crippen molar-refractivity contribution in [2.75, 3.05) is 13.1 Å². The van der Waals surface area contributed by atoms with Gasteiger partial charge in [-0.1, -0.05) is 6.92 Å². The molecule has 1 atom stereocenters. The van der Waals surface area contributed by atoms with Gasteiger partial charge >= 0.3 is 17.9 Å². The normalized spacial score (nSPS) is 14.4. The summed E-state index contributed by atoms with van der Waals surface area (Å²) in [5.41, 5.74) is 3.22. The van der Waals surface area contributed by atoms with Crippen LogP contribution >= 0.6 is 0 Å². The Hall–Kier alpha value is -1.67. The molecule has 0 rings (SSSR count). The SMILES string of the molecule is CCN(CC(=O)O)C(N)(CC(=O)O)C(=O)O. The lowest BCUT2D eigenvalue weighted by molar-refractivity contribution is -0.160. The van der Waals surface area contributed by atoms with Crippen molar-refractivity contribution in [3.8, 4) is 0 Å². The summed E-state index contributed by atoms with van der Waals surface area (Å²) < 4.78 is 0. The molecule has 0 saturated carbocycles. The molecule has 0 aromatic carbocycles. The van der Waals surface area contributed by atoms with Gasteiger partial charge in [0, 0.05) is 0 Å². The minimum absolute atomic E-state index is 0.0163. The summed E-state index contributed by atoms with van der Waals surface area (Å²) >= 11 is 0. The Balaban J connectivity index is 5.05. The van der Waals surface area contributed by atoms with E-state index in [2.05, 4.69) is 0 Å². The van der Waals surface area contributed by atoms with Crippen molar-refractivity contribution in [1.29, 1.82) is 0 Å². The van der Waals surface area contributed by atoms with Gasteiger partial charge in [0.1, 0.15) is 0 Å². The molecular weight excluding hydrogens is 220 g/mol. The van der Waals surface area contributed by atoms with E-state index in [9.17, 15) is 14.4 Å². The molecule has 8 heteroatoms. The fourth-order valence-corrected chi connectivity index (χ4v) is 1.25. The molecule has 0 aliphatic heterocycles. The van der Waals surface area contributed by atoms with Gasteiger partial charge in [-0.3, -0.25) is 14.5 Å². The van der Waals surface area contributed by atoms with Gasteiger partial charge in [0.25, 0.3) is 0 Å². The molecule has 0 bridgehead atoms. The highest BCUT2D eigenvalue weighted by Crippen LogP contribution is 2.14. The summed E-state index contributed by atoms with van der Waals surface area (Å²) in [5, 5.41) is 26.0. The van der Waals surface area contributed by atoms with Gasteiger partial charge < -0.3 is 21.1 Å². The number of nitrogens with zero attached hydrogens (tertiary/aromatic N) is 1. The van der Waals surface area contributed by atoms with Crippen LogP contribution in [0.2, 0.25) is 0 Å². The molecule has 5 N–H and O–H groups in total. The topological polar surface area (TPSA) is 141 Å². The van der Waals surface area contributed by atoms with Gasteiger partial charge in [0.05, 0.1) is 13.0 Å². The predicted molar refractivity (Wildman–Crippen MR) is 51.7 cm³/mol. The van der Waals surface area contributed by atoms with Gasteiger partial charge in [0.15, 0.2) is 5.66 Å². The van der Waals surface area contributed by atoms with Crippen molar-refractivity contribution in [3.63, 3.8) is 0 Å². The molecule has 0 amide bonds. The minimum Gasteiger partial charge on any atom is -0.481 e. The molecule has 92 valence electrons. The standard InChI is InChI=1S/C8H14N2O6/c1-2-10(4-6(13)14)8(9,7(15)16)3-5(11)12/h2-4,9H2,1H3,(H,11,12)(H,13,14)(H,15,16). The maximum Gasteiger partial charge on any atom is 0.339 e. The van der Waals surface area contributed by atoms with Gasteiger partial charge in [-0.15, -0.1) is 0 Å². The smallest absolute Gasteiger partial charge is 0.339 e. The van der Waals surface area contributed by atoms with Crippen LogP contribution in [0.1, 0.15) is 13.3 Å². The predicted octanol–water partition coefficient (Wildman–Crippen LogP) is -1.39. The number of hydrogen-bond acceptors (Lipinski definition) is 5. The number of aliphatic carboxylic acids is 3. The number of nitrogens with two attached hydrogens (primary N) is 1. The van der Waals surface area contributed by atoms with Crippen LogP contribution in [0.4, 0.5) is 0 Å². The van der Waals surface area contributed by atoms with Gasteiger partial charge in [-0.05, 0) is 6.54 Å². The summed E-state index contributed by atoms with van der Waals surface area (Å²) in [6.45, 7) is 0.879. The van der Waals surface area contributed by atoms with Gasteiger partial charge in [0.2, 0.25) is 0 Å². The lowest BCUT2D eigenvalue weighted by Gasteiger charge is -2.34. The number of hydrogen-bond donors (Lipinski definition) is 4. The zero-order chi connectivity index (χ0) is 12.9. The Morgan fingerprint density at radius 1 is 1.19 bits per heavy atom. The number of rotatable bonds is 7.